The predicted molar refractivity (Wildman–Crippen MR) is 116 cm³/mol. The zero-order valence-corrected chi connectivity index (χ0v) is 17.4. The maximum atomic E-state index is 11.5. The Morgan fingerprint density at radius 1 is 1.19 bits per heavy atom. The van der Waals surface area contributed by atoms with Gasteiger partial charge in [-0.1, -0.05) is 30.3 Å². The van der Waals surface area contributed by atoms with Crippen molar-refractivity contribution < 1.29 is 19.5 Å². The van der Waals surface area contributed by atoms with Crippen LogP contribution in [-0.2, 0) is 22.6 Å². The first kappa shape index (κ1) is 21.0. The number of para-hydroxylation sites is 1. The monoisotopic (exact) mass is 419 g/mol. The van der Waals surface area contributed by atoms with E-state index in [0.717, 1.165) is 39.9 Å². The highest BCUT2D eigenvalue weighted by Gasteiger charge is 2.26. The van der Waals surface area contributed by atoms with E-state index in [1.165, 1.54) is 7.05 Å². The Kier molecular flexibility index (Phi) is 6.25. The van der Waals surface area contributed by atoms with Gasteiger partial charge in [-0.25, -0.2) is 10.0 Å². The van der Waals surface area contributed by atoms with Gasteiger partial charge in [0.1, 0.15) is 18.5 Å². The molecule has 3 aromatic rings. The molecule has 1 aliphatic carbocycles. The number of carbonyl (C=O) groups excluding carboxylic acids is 1. The summed E-state index contributed by atoms with van der Waals surface area (Å²) in [5, 5.41) is 19.1. The summed E-state index contributed by atoms with van der Waals surface area (Å²) in [6.07, 6.45) is 0.933. The second-order valence-electron chi connectivity index (χ2n) is 7.59. The summed E-state index contributed by atoms with van der Waals surface area (Å²) in [4.78, 5) is 16.2. The van der Waals surface area contributed by atoms with E-state index in [2.05, 4.69) is 4.98 Å². The molecule has 4 rings (SSSR count). The van der Waals surface area contributed by atoms with Gasteiger partial charge in [0.2, 0.25) is 5.91 Å². The van der Waals surface area contributed by atoms with Gasteiger partial charge in [-0.2, -0.15) is 0 Å². The van der Waals surface area contributed by atoms with E-state index in [4.69, 9.17) is 20.1 Å². The van der Waals surface area contributed by atoms with Crippen molar-refractivity contribution in [1.29, 1.82) is 5.41 Å². The van der Waals surface area contributed by atoms with Crippen molar-refractivity contribution in [3.63, 3.8) is 0 Å². The summed E-state index contributed by atoms with van der Waals surface area (Å²) >= 11 is 0. The summed E-state index contributed by atoms with van der Waals surface area (Å²) in [7, 11) is 1.29. The maximum Gasteiger partial charge on any atom is 0.247 e. The number of pyridine rings is 1. The summed E-state index contributed by atoms with van der Waals surface area (Å²) in [6, 6.07) is 17.8. The highest BCUT2D eigenvalue weighted by atomic mass is 16.5. The molecule has 0 radical (unpaired) electrons. The smallest absolute Gasteiger partial charge is 0.247 e. The lowest BCUT2D eigenvalue weighted by atomic mass is 9.87. The number of ether oxygens (including phenoxy) is 2. The van der Waals surface area contributed by atoms with Gasteiger partial charge in [-0.3, -0.25) is 10.0 Å². The summed E-state index contributed by atoms with van der Waals surface area (Å²) in [5.41, 5.74) is 4.30. The number of aryl methyl sites for hydroxylation is 1. The number of rotatable bonds is 7. The third-order valence-corrected chi connectivity index (χ3v) is 5.38. The van der Waals surface area contributed by atoms with Crippen LogP contribution in [0.25, 0.3) is 10.9 Å². The molecule has 1 heterocycles. The number of nitrogens with zero attached hydrogens (tertiary/aromatic N) is 2. The van der Waals surface area contributed by atoms with Gasteiger partial charge in [-0.15, -0.1) is 0 Å². The SMILES string of the molecule is CN(O)C(=O)CCOC1C(=N)CCc2cc(OCc3ccc4ccccc4n3)ccc21. The van der Waals surface area contributed by atoms with Gasteiger partial charge in [0.15, 0.2) is 0 Å². The molecule has 160 valence electrons. The molecule has 7 heteroatoms. The van der Waals surface area contributed by atoms with E-state index in [-0.39, 0.29) is 13.0 Å². The fraction of sp³-hybridized carbons (Fsp3) is 0.292. The summed E-state index contributed by atoms with van der Waals surface area (Å²) in [6.45, 7) is 0.512. The molecule has 2 N–H and O–H groups in total. The van der Waals surface area contributed by atoms with Gasteiger partial charge in [0.05, 0.1) is 24.2 Å². The van der Waals surface area contributed by atoms with Gasteiger partial charge in [0, 0.05) is 18.1 Å². The van der Waals surface area contributed by atoms with Gasteiger partial charge in [0.25, 0.3) is 0 Å². The van der Waals surface area contributed by atoms with Crippen molar-refractivity contribution in [1.82, 2.24) is 10.0 Å². The van der Waals surface area contributed by atoms with Crippen molar-refractivity contribution in [2.75, 3.05) is 13.7 Å². The Bertz CT molecular complexity index is 1110. The van der Waals surface area contributed by atoms with E-state index >= 15 is 0 Å². The van der Waals surface area contributed by atoms with Gasteiger partial charge >= 0.3 is 0 Å². The predicted octanol–water partition coefficient (Wildman–Crippen LogP) is 4.08. The van der Waals surface area contributed by atoms with Crippen LogP contribution in [0, 0.1) is 5.41 Å². The molecule has 1 atom stereocenters. The molecule has 31 heavy (non-hydrogen) atoms. The Labute approximate surface area is 180 Å². The number of hydrogen-bond donors (Lipinski definition) is 2. The van der Waals surface area contributed by atoms with Crippen LogP contribution in [-0.4, -0.2) is 40.5 Å². The molecule has 1 aromatic heterocycles. The van der Waals surface area contributed by atoms with E-state index < -0.39 is 12.0 Å². The van der Waals surface area contributed by atoms with Gasteiger partial charge < -0.3 is 14.9 Å². The number of aromatic nitrogens is 1. The Hall–Kier alpha value is -3.29. The topological polar surface area (TPSA) is 95.7 Å². The first-order chi connectivity index (χ1) is 15.0. The number of hydrogen-bond acceptors (Lipinski definition) is 6. The molecule has 0 saturated carbocycles. The molecule has 0 spiro atoms. The Morgan fingerprint density at radius 3 is 2.87 bits per heavy atom. The average Bonchev–Trinajstić information content (AvgIpc) is 2.78. The lowest BCUT2D eigenvalue weighted by molar-refractivity contribution is -0.160. The van der Waals surface area contributed by atoms with Gasteiger partial charge in [-0.05, 0) is 48.2 Å². The standard InChI is InChI=1S/C24H25N3O4/c1-27(29)23(28)12-13-30-24-20-10-9-19(14-17(20)7-11-21(24)25)31-15-18-8-6-16-4-2-3-5-22(16)26-18/h2-6,8-10,14,24-25,29H,7,11-13,15H2,1H3. The minimum atomic E-state index is -0.475. The lowest BCUT2D eigenvalue weighted by Gasteiger charge is -2.27. The quantitative estimate of drug-likeness (QED) is 0.444. The van der Waals surface area contributed by atoms with Crippen LogP contribution in [0.4, 0.5) is 0 Å². The van der Waals surface area contributed by atoms with Crippen LogP contribution < -0.4 is 4.74 Å². The third kappa shape index (κ3) is 4.90. The number of fused-ring (bicyclic) bond motifs is 2. The Morgan fingerprint density at radius 2 is 2.03 bits per heavy atom. The summed E-state index contributed by atoms with van der Waals surface area (Å²) < 4.78 is 11.8. The zero-order chi connectivity index (χ0) is 21.8. The number of nitrogens with one attached hydrogen (secondary N) is 1. The molecule has 0 saturated heterocycles. The molecular weight excluding hydrogens is 394 g/mol. The average molecular weight is 419 g/mol. The first-order valence-corrected chi connectivity index (χ1v) is 10.3. The fourth-order valence-electron chi connectivity index (χ4n) is 3.69. The van der Waals surface area contributed by atoms with Crippen LogP contribution in [0.15, 0.2) is 54.6 Å². The van der Waals surface area contributed by atoms with Crippen LogP contribution in [0.5, 0.6) is 5.75 Å². The van der Waals surface area contributed by atoms with E-state index in [1.807, 2.05) is 54.6 Å². The zero-order valence-electron chi connectivity index (χ0n) is 17.4. The number of hydroxylamine groups is 2. The molecule has 0 fully saturated rings. The second kappa shape index (κ2) is 9.24. The highest BCUT2D eigenvalue weighted by Crippen LogP contribution is 2.33. The second-order valence-corrected chi connectivity index (χ2v) is 7.59. The van der Waals surface area contributed by atoms with E-state index in [0.29, 0.717) is 23.8 Å². The first-order valence-electron chi connectivity index (χ1n) is 10.3. The van der Waals surface area contributed by atoms with Crippen LogP contribution in [0.1, 0.15) is 35.8 Å². The minimum absolute atomic E-state index is 0.0616. The van der Waals surface area contributed by atoms with Crippen LogP contribution >= 0.6 is 0 Å². The molecule has 0 bridgehead atoms. The number of carbonyl (C=O) groups is 1. The maximum absolute atomic E-state index is 11.5. The molecular formula is C24H25N3O4. The molecule has 1 unspecified atom stereocenters. The molecule has 1 aliphatic rings. The molecule has 1 amide bonds. The van der Waals surface area contributed by atoms with E-state index in [1.54, 1.807) is 0 Å². The lowest BCUT2D eigenvalue weighted by Crippen LogP contribution is -2.26. The number of amides is 1. The largest absolute Gasteiger partial charge is 0.487 e. The fourth-order valence-corrected chi connectivity index (χ4v) is 3.69. The normalized spacial score (nSPS) is 15.5. The van der Waals surface area contributed by atoms with Crippen molar-refractivity contribution >= 4 is 22.5 Å². The van der Waals surface area contributed by atoms with Crippen LogP contribution in [0.2, 0.25) is 0 Å². The summed E-state index contributed by atoms with van der Waals surface area (Å²) in [5.74, 6) is 0.326. The van der Waals surface area contributed by atoms with Crippen molar-refractivity contribution in [2.45, 2.75) is 32.0 Å². The van der Waals surface area contributed by atoms with E-state index in [9.17, 15) is 4.79 Å². The van der Waals surface area contributed by atoms with Crippen molar-refractivity contribution in [3.05, 3.63) is 71.4 Å². The minimum Gasteiger partial charge on any atom is -0.487 e. The molecule has 2 aromatic carbocycles. The third-order valence-electron chi connectivity index (χ3n) is 5.38. The van der Waals surface area contributed by atoms with Crippen LogP contribution in [0.3, 0.4) is 0 Å². The highest BCUT2D eigenvalue weighted by molar-refractivity contribution is 5.89. The van der Waals surface area contributed by atoms with Crippen molar-refractivity contribution in [3.8, 4) is 5.75 Å². The van der Waals surface area contributed by atoms with Crippen molar-refractivity contribution in [2.24, 2.45) is 0 Å². The number of benzene rings is 2. The molecule has 0 aliphatic heterocycles. The Balaban J connectivity index is 1.42. The molecule has 7 nitrogen and oxygen atoms in total.